The molecule has 0 fully saturated rings. The molecule has 0 aliphatic carbocycles. The van der Waals surface area contributed by atoms with E-state index in [9.17, 15) is 5.11 Å². The minimum Gasteiger partial charge on any atom is -0.542 e. The highest BCUT2D eigenvalue weighted by Crippen LogP contribution is 2.45. The Hall–Kier alpha value is -0.666. The third-order valence-corrected chi connectivity index (χ3v) is 5.68. The lowest BCUT2D eigenvalue weighted by atomic mass is 9.71. The molecule has 0 aliphatic heterocycles. The van der Waals surface area contributed by atoms with Gasteiger partial charge in [-0.25, -0.2) is 0 Å². The highest BCUT2D eigenvalue weighted by atomic mass is 28.3. The van der Waals surface area contributed by atoms with E-state index in [0.29, 0.717) is 6.61 Å². The average Bonchev–Trinajstić information content (AvgIpc) is 2.48. The predicted molar refractivity (Wildman–Crippen MR) is 118 cm³/mol. The molecule has 27 heavy (non-hydrogen) atoms. The van der Waals surface area contributed by atoms with Gasteiger partial charge in [-0.1, -0.05) is 41.5 Å². The molecule has 0 aliphatic rings. The largest absolute Gasteiger partial charge is 0.542 e. The van der Waals surface area contributed by atoms with Crippen molar-refractivity contribution in [3.05, 3.63) is 28.3 Å². The molecule has 3 N–H and O–H groups in total. The molecule has 1 rings (SSSR count). The van der Waals surface area contributed by atoms with Gasteiger partial charge in [0.1, 0.15) is 5.75 Å². The van der Waals surface area contributed by atoms with Gasteiger partial charge in [0.2, 0.25) is 9.04 Å². The standard InChI is InChI=1S/C21H39NO3Si2/c1-20(2,3)18-15(13-24-26(7)8)14(16(23)12-22)11-17(25-27(9)10)19(18)21(4,5)6/h11,16,23H,12-13,22H2,1-10H3. The van der Waals surface area contributed by atoms with Gasteiger partial charge in [0.05, 0.1) is 12.7 Å². The summed E-state index contributed by atoms with van der Waals surface area (Å²) in [5, 5.41) is 10.7. The van der Waals surface area contributed by atoms with Crippen molar-refractivity contribution in [1.82, 2.24) is 0 Å². The van der Waals surface area contributed by atoms with Gasteiger partial charge in [-0.15, -0.1) is 0 Å². The third-order valence-electron chi connectivity index (χ3n) is 4.33. The molecule has 1 aromatic rings. The topological polar surface area (TPSA) is 64.7 Å². The first kappa shape index (κ1) is 24.4. The van der Waals surface area contributed by atoms with Crippen LogP contribution in [0.2, 0.25) is 26.2 Å². The Bertz CT molecular complexity index is 632. The summed E-state index contributed by atoms with van der Waals surface area (Å²) in [5.41, 5.74) is 9.99. The fraction of sp³-hybridized carbons (Fsp3) is 0.714. The van der Waals surface area contributed by atoms with E-state index in [-0.39, 0.29) is 17.4 Å². The van der Waals surface area contributed by atoms with Crippen molar-refractivity contribution in [3.8, 4) is 5.75 Å². The molecule has 1 atom stereocenters. The molecular weight excluding hydrogens is 370 g/mol. The highest BCUT2D eigenvalue weighted by Gasteiger charge is 2.34. The van der Waals surface area contributed by atoms with Gasteiger partial charge in [0.25, 0.3) is 9.04 Å². The molecule has 6 heteroatoms. The molecule has 0 saturated carbocycles. The minimum atomic E-state index is -0.955. The molecule has 2 radical (unpaired) electrons. The van der Waals surface area contributed by atoms with E-state index >= 15 is 0 Å². The molecule has 0 amide bonds. The van der Waals surface area contributed by atoms with E-state index in [1.54, 1.807) is 0 Å². The zero-order valence-corrected chi connectivity index (χ0v) is 20.9. The van der Waals surface area contributed by atoms with Crippen molar-refractivity contribution < 1.29 is 14.0 Å². The van der Waals surface area contributed by atoms with E-state index < -0.39 is 24.2 Å². The van der Waals surface area contributed by atoms with Crippen molar-refractivity contribution in [2.75, 3.05) is 6.54 Å². The quantitative estimate of drug-likeness (QED) is 0.642. The van der Waals surface area contributed by atoms with E-state index in [4.69, 9.17) is 14.6 Å². The maximum Gasteiger partial charge on any atom is 0.274 e. The number of rotatable bonds is 7. The van der Waals surface area contributed by atoms with Crippen LogP contribution in [0.1, 0.15) is 69.9 Å². The monoisotopic (exact) mass is 409 g/mol. The Kier molecular flexibility index (Phi) is 8.32. The Balaban J connectivity index is 3.95. The Morgan fingerprint density at radius 1 is 0.963 bits per heavy atom. The molecule has 0 spiro atoms. The van der Waals surface area contributed by atoms with Gasteiger partial charge in [-0.05, 0) is 59.8 Å². The van der Waals surface area contributed by atoms with Crippen LogP contribution in [0.15, 0.2) is 6.07 Å². The average molecular weight is 410 g/mol. The smallest absolute Gasteiger partial charge is 0.274 e. The Morgan fingerprint density at radius 2 is 1.48 bits per heavy atom. The van der Waals surface area contributed by atoms with Crippen LogP contribution >= 0.6 is 0 Å². The maximum atomic E-state index is 10.7. The Labute approximate surface area is 169 Å². The second-order valence-electron chi connectivity index (χ2n) is 9.65. The summed E-state index contributed by atoms with van der Waals surface area (Å²) in [5.74, 6) is 0.885. The van der Waals surface area contributed by atoms with Gasteiger partial charge in [0, 0.05) is 12.1 Å². The van der Waals surface area contributed by atoms with Gasteiger partial charge >= 0.3 is 0 Å². The molecule has 1 aromatic carbocycles. The first-order valence-electron chi connectivity index (χ1n) is 9.70. The lowest BCUT2D eigenvalue weighted by Crippen LogP contribution is -2.29. The van der Waals surface area contributed by atoms with Crippen LogP contribution in [-0.2, 0) is 21.9 Å². The number of hydrogen-bond donors (Lipinski definition) is 2. The van der Waals surface area contributed by atoms with Crippen molar-refractivity contribution in [2.24, 2.45) is 5.73 Å². The third kappa shape index (κ3) is 6.43. The number of hydrogen-bond acceptors (Lipinski definition) is 4. The number of aliphatic hydroxyl groups is 1. The summed E-state index contributed by atoms with van der Waals surface area (Å²) < 4.78 is 12.4. The summed E-state index contributed by atoms with van der Waals surface area (Å²) >= 11 is 0. The highest BCUT2D eigenvalue weighted by molar-refractivity contribution is 6.49. The van der Waals surface area contributed by atoms with Crippen molar-refractivity contribution in [1.29, 1.82) is 0 Å². The van der Waals surface area contributed by atoms with Gasteiger partial charge < -0.3 is 19.7 Å². The van der Waals surface area contributed by atoms with Crippen LogP contribution in [0, 0.1) is 0 Å². The summed E-state index contributed by atoms with van der Waals surface area (Å²) in [6.45, 7) is 22.5. The fourth-order valence-corrected chi connectivity index (χ4v) is 4.42. The SMILES string of the molecule is C[Si](C)OCc1c(C(O)CN)cc(O[Si](C)C)c(C(C)(C)C)c1C(C)(C)C. The molecule has 0 bridgehead atoms. The predicted octanol–water partition coefficient (Wildman–Crippen LogP) is 4.67. The lowest BCUT2D eigenvalue weighted by molar-refractivity contribution is 0.182. The van der Waals surface area contributed by atoms with E-state index in [1.165, 1.54) is 11.1 Å². The number of benzene rings is 1. The first-order chi connectivity index (χ1) is 12.2. The molecule has 0 saturated heterocycles. The molecule has 154 valence electrons. The lowest BCUT2D eigenvalue weighted by Gasteiger charge is -2.36. The van der Waals surface area contributed by atoms with E-state index in [0.717, 1.165) is 16.9 Å². The van der Waals surface area contributed by atoms with Crippen LogP contribution in [0.4, 0.5) is 0 Å². The molecule has 0 heterocycles. The number of aliphatic hydroxyl groups excluding tert-OH is 1. The summed E-state index contributed by atoms with van der Waals surface area (Å²) in [6.07, 6.45) is -0.727. The second-order valence-corrected chi connectivity index (χ2v) is 13.8. The van der Waals surface area contributed by atoms with Gasteiger partial charge in [-0.2, -0.15) is 0 Å². The normalized spacial score (nSPS) is 14.1. The van der Waals surface area contributed by atoms with E-state index in [1.807, 2.05) is 6.07 Å². The van der Waals surface area contributed by atoms with Crippen molar-refractivity contribution in [3.63, 3.8) is 0 Å². The van der Waals surface area contributed by atoms with Crippen LogP contribution in [-0.4, -0.2) is 29.7 Å². The molecule has 4 nitrogen and oxygen atoms in total. The molecular formula is C21H39NO3Si2. The van der Waals surface area contributed by atoms with Crippen LogP contribution in [0.25, 0.3) is 0 Å². The summed E-state index contributed by atoms with van der Waals surface area (Å²) in [6, 6.07) is 2.02. The van der Waals surface area contributed by atoms with Crippen LogP contribution in [0.3, 0.4) is 0 Å². The van der Waals surface area contributed by atoms with Crippen molar-refractivity contribution >= 4 is 18.1 Å². The first-order valence-corrected chi connectivity index (χ1v) is 14.5. The molecule has 0 aromatic heterocycles. The Morgan fingerprint density at radius 3 is 1.85 bits per heavy atom. The van der Waals surface area contributed by atoms with Crippen molar-refractivity contribution in [2.45, 2.75) is 91.3 Å². The maximum absolute atomic E-state index is 10.7. The summed E-state index contributed by atoms with van der Waals surface area (Å²) in [4.78, 5) is 0. The zero-order chi connectivity index (χ0) is 21.2. The minimum absolute atomic E-state index is 0.0948. The molecule has 1 unspecified atom stereocenters. The van der Waals surface area contributed by atoms with Gasteiger partial charge in [0.15, 0.2) is 0 Å². The van der Waals surface area contributed by atoms with Gasteiger partial charge in [-0.3, -0.25) is 0 Å². The van der Waals surface area contributed by atoms with Crippen LogP contribution < -0.4 is 10.2 Å². The van der Waals surface area contributed by atoms with E-state index in [2.05, 4.69) is 67.7 Å². The number of nitrogens with two attached hydrogens (primary N) is 1. The zero-order valence-electron chi connectivity index (χ0n) is 18.9. The fourth-order valence-electron chi connectivity index (χ4n) is 3.39. The second kappa shape index (κ2) is 9.22. The summed E-state index contributed by atoms with van der Waals surface area (Å²) in [7, 11) is -1.81. The van der Waals surface area contributed by atoms with Crippen LogP contribution in [0.5, 0.6) is 5.75 Å².